The molecular formula is C18H24ClN5O3. The minimum absolute atomic E-state index is 0.117. The zero-order valence-corrected chi connectivity index (χ0v) is 16.9. The standard InChI is InChI=1S/C18H24ClN5O3/c1-11(2)9-24-18(19)14(13(4)21-24)6-7-17(26)23(5)10-16(25)20-15-8-12(3)27-22-15/h6-8,11H,9-10H2,1-5H3,(H,20,22,25)/b7-6+. The number of nitrogens with one attached hydrogen (secondary N) is 1. The highest BCUT2D eigenvalue weighted by Crippen LogP contribution is 2.22. The van der Waals surface area contributed by atoms with Gasteiger partial charge in [-0.3, -0.25) is 14.3 Å². The molecule has 9 heteroatoms. The number of halogens is 1. The van der Waals surface area contributed by atoms with Gasteiger partial charge in [0.1, 0.15) is 10.9 Å². The third kappa shape index (κ3) is 5.68. The molecule has 0 spiro atoms. The van der Waals surface area contributed by atoms with E-state index in [4.69, 9.17) is 16.1 Å². The average molecular weight is 394 g/mol. The Hall–Kier alpha value is -2.61. The molecule has 2 aromatic heterocycles. The second kappa shape index (κ2) is 8.85. The number of likely N-dealkylation sites (N-methyl/N-ethyl adjacent to an activating group) is 1. The van der Waals surface area contributed by atoms with Crippen LogP contribution < -0.4 is 5.32 Å². The Labute approximate surface area is 163 Å². The molecule has 146 valence electrons. The van der Waals surface area contributed by atoms with E-state index in [0.717, 1.165) is 5.69 Å². The van der Waals surface area contributed by atoms with Gasteiger partial charge in [0.2, 0.25) is 11.8 Å². The molecule has 2 rings (SSSR count). The number of anilines is 1. The first kappa shape index (κ1) is 20.7. The van der Waals surface area contributed by atoms with E-state index in [1.807, 2.05) is 6.92 Å². The number of aromatic nitrogens is 3. The van der Waals surface area contributed by atoms with Crippen molar-refractivity contribution >= 4 is 35.3 Å². The summed E-state index contributed by atoms with van der Waals surface area (Å²) >= 11 is 6.36. The molecule has 0 saturated carbocycles. The number of aryl methyl sites for hydroxylation is 2. The zero-order valence-electron chi connectivity index (χ0n) is 16.1. The van der Waals surface area contributed by atoms with Crippen LogP contribution in [-0.4, -0.2) is 45.2 Å². The molecule has 0 aliphatic carbocycles. The molecule has 2 aromatic rings. The second-order valence-corrected chi connectivity index (χ2v) is 7.12. The van der Waals surface area contributed by atoms with Crippen LogP contribution in [0.5, 0.6) is 0 Å². The highest BCUT2D eigenvalue weighted by Gasteiger charge is 2.15. The molecule has 0 saturated heterocycles. The molecule has 0 aromatic carbocycles. The Balaban J connectivity index is 1.97. The summed E-state index contributed by atoms with van der Waals surface area (Å²) in [4.78, 5) is 25.5. The van der Waals surface area contributed by atoms with Crippen molar-refractivity contribution in [2.24, 2.45) is 5.92 Å². The van der Waals surface area contributed by atoms with E-state index in [1.165, 1.54) is 18.0 Å². The number of carbonyl (C=O) groups excluding carboxylic acids is 2. The van der Waals surface area contributed by atoms with Crippen LogP contribution in [0.15, 0.2) is 16.7 Å². The summed E-state index contributed by atoms with van der Waals surface area (Å²) in [5.74, 6) is 0.607. The number of nitrogens with zero attached hydrogens (tertiary/aromatic N) is 4. The molecule has 0 aliphatic rings. The van der Waals surface area contributed by atoms with Gasteiger partial charge >= 0.3 is 0 Å². The Kier molecular flexibility index (Phi) is 6.79. The highest BCUT2D eigenvalue weighted by molar-refractivity contribution is 6.31. The quantitative estimate of drug-likeness (QED) is 0.730. The predicted molar refractivity (Wildman–Crippen MR) is 103 cm³/mol. The minimum Gasteiger partial charge on any atom is -0.360 e. The number of carbonyl (C=O) groups is 2. The molecule has 2 amide bonds. The van der Waals surface area contributed by atoms with Crippen LogP contribution >= 0.6 is 11.6 Å². The lowest BCUT2D eigenvalue weighted by molar-refractivity contribution is -0.129. The SMILES string of the molecule is Cc1cc(NC(=O)CN(C)C(=O)/C=C/c2c(C)nn(CC(C)C)c2Cl)no1. The van der Waals surface area contributed by atoms with E-state index in [2.05, 4.69) is 29.4 Å². The Morgan fingerprint density at radius 2 is 2.11 bits per heavy atom. The third-order valence-electron chi connectivity index (χ3n) is 3.69. The van der Waals surface area contributed by atoms with Crippen LogP contribution in [0.3, 0.4) is 0 Å². The van der Waals surface area contributed by atoms with E-state index in [1.54, 1.807) is 23.7 Å². The van der Waals surface area contributed by atoms with E-state index in [9.17, 15) is 9.59 Å². The van der Waals surface area contributed by atoms with Gasteiger partial charge in [-0.25, -0.2) is 0 Å². The van der Waals surface area contributed by atoms with Gasteiger partial charge in [-0.2, -0.15) is 5.10 Å². The number of amides is 2. The second-order valence-electron chi connectivity index (χ2n) is 6.76. The molecule has 0 radical (unpaired) electrons. The fourth-order valence-electron chi connectivity index (χ4n) is 2.41. The first-order chi connectivity index (χ1) is 12.7. The largest absolute Gasteiger partial charge is 0.360 e. The van der Waals surface area contributed by atoms with Crippen LogP contribution in [-0.2, 0) is 16.1 Å². The first-order valence-electron chi connectivity index (χ1n) is 8.56. The molecule has 0 bridgehead atoms. The van der Waals surface area contributed by atoms with Gasteiger partial charge in [0.05, 0.1) is 12.2 Å². The Morgan fingerprint density at radius 1 is 1.41 bits per heavy atom. The van der Waals surface area contributed by atoms with Gasteiger partial charge in [0.25, 0.3) is 0 Å². The maximum Gasteiger partial charge on any atom is 0.246 e. The fraction of sp³-hybridized carbons (Fsp3) is 0.444. The molecule has 0 fully saturated rings. The van der Waals surface area contributed by atoms with Crippen molar-refractivity contribution in [2.45, 2.75) is 34.2 Å². The summed E-state index contributed by atoms with van der Waals surface area (Å²) in [6.45, 7) is 8.29. The average Bonchev–Trinajstić information content (AvgIpc) is 3.08. The number of hydrogen-bond donors (Lipinski definition) is 1. The zero-order chi connectivity index (χ0) is 20.1. The molecule has 0 atom stereocenters. The molecular weight excluding hydrogens is 370 g/mol. The van der Waals surface area contributed by atoms with Crippen molar-refractivity contribution in [1.82, 2.24) is 19.8 Å². The van der Waals surface area contributed by atoms with E-state index in [0.29, 0.717) is 34.8 Å². The van der Waals surface area contributed by atoms with Crippen molar-refractivity contribution in [3.05, 3.63) is 34.3 Å². The van der Waals surface area contributed by atoms with Crippen molar-refractivity contribution in [3.8, 4) is 0 Å². The smallest absolute Gasteiger partial charge is 0.246 e. The van der Waals surface area contributed by atoms with Crippen LogP contribution in [0.4, 0.5) is 5.82 Å². The van der Waals surface area contributed by atoms with E-state index in [-0.39, 0.29) is 18.4 Å². The maximum absolute atomic E-state index is 12.3. The van der Waals surface area contributed by atoms with Crippen molar-refractivity contribution in [3.63, 3.8) is 0 Å². The van der Waals surface area contributed by atoms with E-state index < -0.39 is 0 Å². The summed E-state index contributed by atoms with van der Waals surface area (Å²) in [7, 11) is 1.54. The monoisotopic (exact) mass is 393 g/mol. The van der Waals surface area contributed by atoms with Gasteiger partial charge in [0.15, 0.2) is 5.82 Å². The van der Waals surface area contributed by atoms with E-state index >= 15 is 0 Å². The first-order valence-corrected chi connectivity index (χ1v) is 8.94. The summed E-state index contributed by atoms with van der Waals surface area (Å²) < 4.78 is 6.60. The van der Waals surface area contributed by atoms with Gasteiger partial charge in [0, 0.05) is 31.3 Å². The lowest BCUT2D eigenvalue weighted by Gasteiger charge is -2.13. The lowest BCUT2D eigenvalue weighted by Crippen LogP contribution is -2.33. The van der Waals surface area contributed by atoms with Gasteiger partial charge in [-0.15, -0.1) is 0 Å². The summed E-state index contributed by atoms with van der Waals surface area (Å²) in [5.41, 5.74) is 1.44. The van der Waals surface area contributed by atoms with Crippen LogP contribution in [0.1, 0.15) is 30.9 Å². The van der Waals surface area contributed by atoms with Crippen molar-refractivity contribution < 1.29 is 14.1 Å². The van der Waals surface area contributed by atoms with Crippen LogP contribution in [0, 0.1) is 19.8 Å². The van der Waals surface area contributed by atoms with Gasteiger partial charge in [-0.1, -0.05) is 30.6 Å². The topological polar surface area (TPSA) is 93.3 Å². The van der Waals surface area contributed by atoms with Gasteiger partial charge in [-0.05, 0) is 25.8 Å². The molecule has 1 N–H and O–H groups in total. The summed E-state index contributed by atoms with van der Waals surface area (Å²) in [5, 5.41) is 11.1. The molecule has 0 unspecified atom stereocenters. The number of rotatable bonds is 7. The fourth-order valence-corrected chi connectivity index (χ4v) is 2.71. The minimum atomic E-state index is -0.369. The summed E-state index contributed by atoms with van der Waals surface area (Å²) in [6.07, 6.45) is 3.00. The normalized spacial score (nSPS) is 11.4. The number of hydrogen-bond acceptors (Lipinski definition) is 5. The van der Waals surface area contributed by atoms with Crippen LogP contribution in [0.25, 0.3) is 6.08 Å². The summed E-state index contributed by atoms with van der Waals surface area (Å²) in [6, 6.07) is 1.60. The Morgan fingerprint density at radius 3 is 2.70 bits per heavy atom. The molecule has 8 nitrogen and oxygen atoms in total. The lowest BCUT2D eigenvalue weighted by atomic mass is 10.2. The Bertz CT molecular complexity index is 853. The molecule has 2 heterocycles. The molecule has 0 aliphatic heterocycles. The van der Waals surface area contributed by atoms with Crippen molar-refractivity contribution in [2.75, 3.05) is 18.9 Å². The third-order valence-corrected chi connectivity index (χ3v) is 4.09. The van der Waals surface area contributed by atoms with Gasteiger partial charge < -0.3 is 14.7 Å². The van der Waals surface area contributed by atoms with Crippen molar-refractivity contribution in [1.29, 1.82) is 0 Å². The van der Waals surface area contributed by atoms with Crippen LogP contribution in [0.2, 0.25) is 5.15 Å². The predicted octanol–water partition coefficient (Wildman–Crippen LogP) is 2.91. The highest BCUT2D eigenvalue weighted by atomic mass is 35.5. The maximum atomic E-state index is 12.3. The molecule has 27 heavy (non-hydrogen) atoms.